The molecule has 3 rings (SSSR count). The van der Waals surface area contributed by atoms with E-state index in [1.54, 1.807) is 36.1 Å². The highest BCUT2D eigenvalue weighted by molar-refractivity contribution is 5.95. The summed E-state index contributed by atoms with van der Waals surface area (Å²) in [5.41, 5.74) is 3.21. The van der Waals surface area contributed by atoms with E-state index in [4.69, 9.17) is 0 Å². The number of nitrogens with one attached hydrogen (secondary N) is 1. The number of carbonyl (C=O) groups excluding carboxylic acids is 2. The minimum absolute atomic E-state index is 0.0235. The zero-order valence-corrected chi connectivity index (χ0v) is 13.5. The number of benzene rings is 2. The summed E-state index contributed by atoms with van der Waals surface area (Å²) in [7, 11) is 0. The number of anilines is 2. The van der Waals surface area contributed by atoms with E-state index in [1.807, 2.05) is 12.1 Å². The van der Waals surface area contributed by atoms with E-state index >= 15 is 0 Å². The van der Waals surface area contributed by atoms with Gasteiger partial charge in [0.1, 0.15) is 5.82 Å². The molecule has 1 aliphatic rings. The van der Waals surface area contributed by atoms with Crippen LogP contribution in [0.1, 0.15) is 24.5 Å². The van der Waals surface area contributed by atoms with Crippen molar-refractivity contribution in [2.45, 2.75) is 26.2 Å². The molecule has 1 aliphatic heterocycles. The van der Waals surface area contributed by atoms with E-state index in [-0.39, 0.29) is 24.1 Å². The van der Waals surface area contributed by atoms with Crippen LogP contribution in [0.15, 0.2) is 42.5 Å². The van der Waals surface area contributed by atoms with Crippen LogP contribution in [0.2, 0.25) is 0 Å². The van der Waals surface area contributed by atoms with Crippen molar-refractivity contribution in [2.75, 3.05) is 16.8 Å². The summed E-state index contributed by atoms with van der Waals surface area (Å²) in [6, 6.07) is 12.0. The van der Waals surface area contributed by atoms with Gasteiger partial charge in [0, 0.05) is 31.3 Å². The Balaban J connectivity index is 1.61. The first-order valence-electron chi connectivity index (χ1n) is 7.99. The van der Waals surface area contributed by atoms with Crippen molar-refractivity contribution >= 4 is 23.2 Å². The lowest BCUT2D eigenvalue weighted by atomic mass is 10.1. The zero-order chi connectivity index (χ0) is 17.1. The van der Waals surface area contributed by atoms with Gasteiger partial charge in [-0.15, -0.1) is 0 Å². The van der Waals surface area contributed by atoms with Crippen LogP contribution in [0, 0.1) is 5.82 Å². The van der Waals surface area contributed by atoms with Gasteiger partial charge in [-0.25, -0.2) is 4.39 Å². The minimum atomic E-state index is -0.285. The molecule has 2 aromatic carbocycles. The molecule has 4 nitrogen and oxygen atoms in total. The molecule has 1 heterocycles. The molecular weight excluding hydrogens is 307 g/mol. The largest absolute Gasteiger partial charge is 0.326 e. The average Bonchev–Trinajstić information content (AvgIpc) is 2.97. The van der Waals surface area contributed by atoms with Gasteiger partial charge < -0.3 is 10.2 Å². The zero-order valence-electron chi connectivity index (χ0n) is 13.5. The summed E-state index contributed by atoms with van der Waals surface area (Å²) in [5, 5.41) is 2.84. The number of carbonyl (C=O) groups is 2. The fraction of sp³-hybridized carbons (Fsp3) is 0.263. The topological polar surface area (TPSA) is 49.4 Å². The van der Waals surface area contributed by atoms with Crippen LogP contribution in [0.3, 0.4) is 0 Å². The van der Waals surface area contributed by atoms with Gasteiger partial charge in [0.15, 0.2) is 0 Å². The van der Waals surface area contributed by atoms with Crippen LogP contribution in [0.25, 0.3) is 0 Å². The van der Waals surface area contributed by atoms with Gasteiger partial charge in [0.2, 0.25) is 11.8 Å². The number of aryl methyl sites for hydroxylation is 1. The second kappa shape index (κ2) is 6.83. The molecule has 5 heteroatoms. The maximum absolute atomic E-state index is 13.6. The van der Waals surface area contributed by atoms with Crippen LogP contribution < -0.4 is 10.2 Å². The highest BCUT2D eigenvalue weighted by Crippen LogP contribution is 2.30. The Hall–Kier alpha value is -2.69. The van der Waals surface area contributed by atoms with Crippen molar-refractivity contribution in [2.24, 2.45) is 0 Å². The maximum atomic E-state index is 13.6. The van der Waals surface area contributed by atoms with Crippen molar-refractivity contribution < 1.29 is 14.0 Å². The number of fused-ring (bicyclic) bond motifs is 1. The predicted octanol–water partition coefficient (Wildman–Crippen LogP) is 3.31. The Kier molecular flexibility index (Phi) is 4.60. The first-order valence-corrected chi connectivity index (χ1v) is 7.99. The molecule has 0 spiro atoms. The Morgan fingerprint density at radius 3 is 2.75 bits per heavy atom. The molecule has 0 saturated carbocycles. The van der Waals surface area contributed by atoms with Gasteiger partial charge in [-0.2, -0.15) is 0 Å². The van der Waals surface area contributed by atoms with E-state index in [0.29, 0.717) is 24.2 Å². The number of amides is 2. The summed E-state index contributed by atoms with van der Waals surface area (Å²) >= 11 is 0. The maximum Gasteiger partial charge on any atom is 0.224 e. The highest BCUT2D eigenvalue weighted by atomic mass is 19.1. The normalized spacial score (nSPS) is 12.8. The lowest BCUT2D eigenvalue weighted by Crippen LogP contribution is -2.25. The third-order valence-electron chi connectivity index (χ3n) is 4.22. The van der Waals surface area contributed by atoms with Crippen LogP contribution in [-0.4, -0.2) is 18.4 Å². The third kappa shape index (κ3) is 3.45. The standard InChI is InChI=1S/C19H19FN2O2/c1-13(23)22-11-10-15-12-16(7-8-18(15)22)21-19(24)9-6-14-4-2-3-5-17(14)20/h2-5,7-8,12H,6,9-11H2,1H3,(H,21,24). The molecule has 124 valence electrons. The number of hydrogen-bond donors (Lipinski definition) is 1. The molecule has 0 aliphatic carbocycles. The predicted molar refractivity (Wildman–Crippen MR) is 91.5 cm³/mol. The van der Waals surface area contributed by atoms with E-state index in [0.717, 1.165) is 17.7 Å². The van der Waals surface area contributed by atoms with E-state index in [1.165, 1.54) is 6.07 Å². The van der Waals surface area contributed by atoms with Crippen molar-refractivity contribution in [1.29, 1.82) is 0 Å². The summed E-state index contributed by atoms with van der Waals surface area (Å²) in [5.74, 6) is -0.415. The summed E-state index contributed by atoms with van der Waals surface area (Å²) in [6.45, 7) is 2.23. The highest BCUT2D eigenvalue weighted by Gasteiger charge is 2.22. The first-order chi connectivity index (χ1) is 11.5. The average molecular weight is 326 g/mol. The third-order valence-corrected chi connectivity index (χ3v) is 4.22. The summed E-state index contributed by atoms with van der Waals surface area (Å²) in [4.78, 5) is 25.4. The quantitative estimate of drug-likeness (QED) is 0.937. The molecule has 0 saturated heterocycles. The molecule has 0 atom stereocenters. The van der Waals surface area contributed by atoms with Gasteiger partial charge >= 0.3 is 0 Å². The van der Waals surface area contributed by atoms with Crippen molar-refractivity contribution in [3.8, 4) is 0 Å². The Bertz CT molecular complexity index is 789. The smallest absolute Gasteiger partial charge is 0.224 e. The molecule has 2 amide bonds. The van der Waals surface area contributed by atoms with Gasteiger partial charge in [-0.05, 0) is 48.2 Å². The Labute approximate surface area is 140 Å². The molecule has 1 N–H and O–H groups in total. The monoisotopic (exact) mass is 326 g/mol. The van der Waals surface area contributed by atoms with Gasteiger partial charge in [-0.3, -0.25) is 9.59 Å². The van der Waals surface area contributed by atoms with Gasteiger partial charge in [-0.1, -0.05) is 18.2 Å². The number of hydrogen-bond acceptors (Lipinski definition) is 2. The lowest BCUT2D eigenvalue weighted by molar-refractivity contribution is -0.117. The van der Waals surface area contributed by atoms with Crippen molar-refractivity contribution in [1.82, 2.24) is 0 Å². The van der Waals surface area contributed by atoms with Gasteiger partial charge in [0.25, 0.3) is 0 Å². The van der Waals surface area contributed by atoms with Crippen LogP contribution in [0.5, 0.6) is 0 Å². The second-order valence-electron chi connectivity index (χ2n) is 5.90. The fourth-order valence-corrected chi connectivity index (χ4v) is 2.98. The first kappa shape index (κ1) is 16.2. The minimum Gasteiger partial charge on any atom is -0.326 e. The van der Waals surface area contributed by atoms with Crippen molar-refractivity contribution in [3.05, 3.63) is 59.4 Å². The molecule has 2 aromatic rings. The SMILES string of the molecule is CC(=O)N1CCc2cc(NC(=O)CCc3ccccc3F)ccc21. The number of nitrogens with zero attached hydrogens (tertiary/aromatic N) is 1. The number of halogens is 1. The molecule has 0 aromatic heterocycles. The van der Waals surface area contributed by atoms with E-state index < -0.39 is 0 Å². The van der Waals surface area contributed by atoms with Crippen molar-refractivity contribution in [3.63, 3.8) is 0 Å². The molecule has 0 fully saturated rings. The summed E-state index contributed by atoms with van der Waals surface area (Å²) < 4.78 is 13.6. The molecular formula is C19H19FN2O2. The molecule has 0 radical (unpaired) electrons. The van der Waals surface area contributed by atoms with Gasteiger partial charge in [0.05, 0.1) is 0 Å². The van der Waals surface area contributed by atoms with Crippen LogP contribution >= 0.6 is 0 Å². The fourth-order valence-electron chi connectivity index (χ4n) is 2.98. The Morgan fingerprint density at radius 2 is 2.00 bits per heavy atom. The van der Waals surface area contributed by atoms with Crippen LogP contribution in [0.4, 0.5) is 15.8 Å². The second-order valence-corrected chi connectivity index (χ2v) is 5.90. The Morgan fingerprint density at radius 1 is 1.21 bits per heavy atom. The number of rotatable bonds is 4. The molecule has 24 heavy (non-hydrogen) atoms. The molecule has 0 bridgehead atoms. The van der Waals surface area contributed by atoms with E-state index in [9.17, 15) is 14.0 Å². The molecule has 0 unspecified atom stereocenters. The van der Waals surface area contributed by atoms with Crippen LogP contribution in [-0.2, 0) is 22.4 Å². The lowest BCUT2D eigenvalue weighted by Gasteiger charge is -2.15. The van der Waals surface area contributed by atoms with E-state index in [2.05, 4.69) is 5.32 Å². The summed E-state index contributed by atoms with van der Waals surface area (Å²) in [6.07, 6.45) is 1.37.